The Kier molecular flexibility index (Phi) is 5.98. The lowest BCUT2D eigenvalue weighted by atomic mass is 10.3. The van der Waals surface area contributed by atoms with E-state index < -0.39 is 6.10 Å². The summed E-state index contributed by atoms with van der Waals surface area (Å²) in [7, 11) is 0. The van der Waals surface area contributed by atoms with Crippen molar-refractivity contribution >= 4 is 45.0 Å². The number of hydrogen-bond donors (Lipinski definition) is 3. The second-order valence-corrected chi connectivity index (χ2v) is 6.26. The summed E-state index contributed by atoms with van der Waals surface area (Å²) >= 11 is 4.76. The van der Waals surface area contributed by atoms with Gasteiger partial charge < -0.3 is 16.2 Å². The fraction of sp³-hybridized carbons (Fsp3) is 0.417. The summed E-state index contributed by atoms with van der Waals surface area (Å²) < 4.78 is 0.754. The van der Waals surface area contributed by atoms with Crippen LogP contribution in [-0.2, 0) is 4.79 Å². The number of anilines is 2. The minimum atomic E-state index is -0.425. The molecule has 0 aliphatic carbocycles. The van der Waals surface area contributed by atoms with E-state index in [0.29, 0.717) is 17.1 Å². The third-order valence-corrected chi connectivity index (χ3v) is 4.43. The molecule has 0 aromatic heterocycles. The van der Waals surface area contributed by atoms with Crippen LogP contribution in [-0.4, -0.2) is 28.1 Å². The van der Waals surface area contributed by atoms with E-state index in [4.69, 9.17) is 5.73 Å². The first-order valence-corrected chi connectivity index (χ1v) is 7.39. The second kappa shape index (κ2) is 7.01. The maximum atomic E-state index is 11.7. The van der Waals surface area contributed by atoms with Crippen molar-refractivity contribution < 1.29 is 9.90 Å². The Morgan fingerprint density at radius 3 is 2.78 bits per heavy atom. The molecule has 1 aromatic carbocycles. The number of nitrogens with one attached hydrogen (secondary N) is 1. The molecule has 1 aromatic rings. The summed E-state index contributed by atoms with van der Waals surface area (Å²) in [5.74, 6) is 0.209. The van der Waals surface area contributed by atoms with E-state index in [1.54, 1.807) is 25.1 Å². The largest absolute Gasteiger partial charge is 0.399 e. The molecule has 0 aliphatic heterocycles. The molecule has 0 heterocycles. The van der Waals surface area contributed by atoms with Gasteiger partial charge in [0.25, 0.3) is 0 Å². The first kappa shape index (κ1) is 15.3. The number of carbonyl (C=O) groups is 1. The van der Waals surface area contributed by atoms with Gasteiger partial charge in [-0.25, -0.2) is 0 Å². The van der Waals surface area contributed by atoms with Gasteiger partial charge in [0, 0.05) is 15.4 Å². The zero-order chi connectivity index (χ0) is 13.7. The lowest BCUT2D eigenvalue weighted by Crippen LogP contribution is -2.20. The maximum absolute atomic E-state index is 11.7. The summed E-state index contributed by atoms with van der Waals surface area (Å²) in [6.45, 7) is 3.61. The summed E-state index contributed by atoms with van der Waals surface area (Å²) in [4.78, 5) is 11.7. The third kappa shape index (κ3) is 4.88. The molecular weight excluding hydrogens is 316 g/mol. The van der Waals surface area contributed by atoms with Crippen molar-refractivity contribution in [2.75, 3.05) is 16.8 Å². The maximum Gasteiger partial charge on any atom is 0.234 e. The predicted molar refractivity (Wildman–Crippen MR) is 80.8 cm³/mol. The normalized spacial score (nSPS) is 14.0. The van der Waals surface area contributed by atoms with E-state index in [1.165, 1.54) is 11.8 Å². The van der Waals surface area contributed by atoms with Gasteiger partial charge in [0.15, 0.2) is 0 Å². The lowest BCUT2D eigenvalue weighted by Gasteiger charge is -2.14. The molecule has 0 bridgehead atoms. The number of benzene rings is 1. The molecule has 2 atom stereocenters. The van der Waals surface area contributed by atoms with Gasteiger partial charge in [-0.3, -0.25) is 4.79 Å². The van der Waals surface area contributed by atoms with Crippen molar-refractivity contribution in [3.05, 3.63) is 22.7 Å². The average molecular weight is 333 g/mol. The van der Waals surface area contributed by atoms with Gasteiger partial charge >= 0.3 is 0 Å². The minimum Gasteiger partial charge on any atom is -0.399 e. The number of aliphatic hydroxyl groups excluding tert-OH is 1. The molecule has 100 valence electrons. The van der Waals surface area contributed by atoms with E-state index in [1.807, 2.05) is 6.92 Å². The van der Waals surface area contributed by atoms with E-state index >= 15 is 0 Å². The highest BCUT2D eigenvalue weighted by molar-refractivity contribution is 9.10. The lowest BCUT2D eigenvalue weighted by molar-refractivity contribution is -0.113. The Bertz CT molecular complexity index is 427. The van der Waals surface area contributed by atoms with Crippen LogP contribution in [0.25, 0.3) is 0 Å². The Morgan fingerprint density at radius 1 is 1.56 bits per heavy atom. The third-order valence-electron chi connectivity index (χ3n) is 2.42. The van der Waals surface area contributed by atoms with Crippen molar-refractivity contribution in [2.24, 2.45) is 0 Å². The summed E-state index contributed by atoms with van der Waals surface area (Å²) in [5, 5.41) is 12.1. The number of halogens is 1. The molecule has 6 heteroatoms. The Labute approximate surface area is 119 Å². The minimum absolute atomic E-state index is 0.0330. The molecule has 4 nitrogen and oxygen atoms in total. The second-order valence-electron chi connectivity index (χ2n) is 4.04. The molecule has 0 radical (unpaired) electrons. The van der Waals surface area contributed by atoms with E-state index in [0.717, 1.165) is 4.47 Å². The molecular formula is C12H17BrN2O2S. The number of carbonyl (C=O) groups excluding carboxylic acids is 1. The van der Waals surface area contributed by atoms with Crippen LogP contribution in [0.4, 0.5) is 11.4 Å². The number of thioether (sulfide) groups is 1. The van der Waals surface area contributed by atoms with Crippen LogP contribution in [0.15, 0.2) is 22.7 Å². The highest BCUT2D eigenvalue weighted by Gasteiger charge is 2.12. The highest BCUT2D eigenvalue weighted by Crippen LogP contribution is 2.25. The Hall–Kier alpha value is -0.720. The fourth-order valence-electron chi connectivity index (χ4n) is 1.17. The van der Waals surface area contributed by atoms with E-state index in [-0.39, 0.29) is 11.2 Å². The van der Waals surface area contributed by atoms with Crippen LogP contribution >= 0.6 is 27.7 Å². The smallest absolute Gasteiger partial charge is 0.234 e. The fourth-order valence-corrected chi connectivity index (χ4v) is 2.43. The number of nitrogens with two attached hydrogens (primary N) is 1. The van der Waals surface area contributed by atoms with Gasteiger partial charge in [-0.05, 0) is 41.1 Å². The van der Waals surface area contributed by atoms with Gasteiger partial charge in [0.1, 0.15) is 0 Å². The molecule has 1 rings (SSSR count). The Morgan fingerprint density at radius 2 is 2.22 bits per heavy atom. The number of aliphatic hydroxyl groups is 1. The van der Waals surface area contributed by atoms with Gasteiger partial charge in [-0.2, -0.15) is 0 Å². The van der Waals surface area contributed by atoms with Crippen molar-refractivity contribution in [1.29, 1.82) is 0 Å². The molecule has 0 saturated heterocycles. The van der Waals surface area contributed by atoms with Crippen molar-refractivity contribution in [3.8, 4) is 0 Å². The average Bonchev–Trinajstić information content (AvgIpc) is 2.29. The zero-order valence-corrected chi connectivity index (χ0v) is 12.7. The van der Waals surface area contributed by atoms with Crippen LogP contribution in [0.2, 0.25) is 0 Å². The molecule has 4 N–H and O–H groups in total. The van der Waals surface area contributed by atoms with Crippen LogP contribution in [0.3, 0.4) is 0 Å². The SMILES string of the molecule is CC(O)C(C)SCC(=O)Nc1ccc(N)cc1Br. The standard InChI is InChI=1S/C12H17BrN2O2S/c1-7(16)8(2)18-6-12(17)15-11-4-3-9(14)5-10(11)13/h3-5,7-8,16H,6,14H2,1-2H3,(H,15,17). The number of hydrogen-bond acceptors (Lipinski definition) is 4. The number of rotatable bonds is 5. The van der Waals surface area contributed by atoms with E-state index in [2.05, 4.69) is 21.2 Å². The number of nitrogen functional groups attached to an aromatic ring is 1. The van der Waals surface area contributed by atoms with Crippen LogP contribution in [0.1, 0.15) is 13.8 Å². The Balaban J connectivity index is 2.50. The summed E-state index contributed by atoms with van der Waals surface area (Å²) in [5.41, 5.74) is 6.95. The van der Waals surface area contributed by atoms with Gasteiger partial charge in [0.05, 0.1) is 17.5 Å². The van der Waals surface area contributed by atoms with Gasteiger partial charge in [0.2, 0.25) is 5.91 Å². The van der Waals surface area contributed by atoms with Crippen LogP contribution in [0.5, 0.6) is 0 Å². The highest BCUT2D eigenvalue weighted by atomic mass is 79.9. The first-order valence-electron chi connectivity index (χ1n) is 5.54. The van der Waals surface area contributed by atoms with Crippen molar-refractivity contribution in [2.45, 2.75) is 25.2 Å². The molecule has 0 aliphatic rings. The monoisotopic (exact) mass is 332 g/mol. The van der Waals surface area contributed by atoms with Gasteiger partial charge in [-0.15, -0.1) is 11.8 Å². The van der Waals surface area contributed by atoms with Gasteiger partial charge in [-0.1, -0.05) is 6.92 Å². The predicted octanol–water partition coefficient (Wildman–Crippen LogP) is 2.47. The zero-order valence-electron chi connectivity index (χ0n) is 10.3. The summed E-state index contributed by atoms with van der Waals surface area (Å²) in [6.07, 6.45) is -0.425. The number of amides is 1. The molecule has 0 spiro atoms. The molecule has 1 amide bonds. The summed E-state index contributed by atoms with van der Waals surface area (Å²) in [6, 6.07) is 5.22. The van der Waals surface area contributed by atoms with Crippen LogP contribution < -0.4 is 11.1 Å². The first-order chi connectivity index (χ1) is 8.40. The molecule has 18 heavy (non-hydrogen) atoms. The van der Waals surface area contributed by atoms with Crippen molar-refractivity contribution in [1.82, 2.24) is 0 Å². The topological polar surface area (TPSA) is 75.3 Å². The molecule has 0 fully saturated rings. The quantitative estimate of drug-likeness (QED) is 0.724. The van der Waals surface area contributed by atoms with E-state index in [9.17, 15) is 9.90 Å². The molecule has 2 unspecified atom stereocenters. The van der Waals surface area contributed by atoms with Crippen molar-refractivity contribution in [3.63, 3.8) is 0 Å². The molecule has 0 saturated carbocycles. The van der Waals surface area contributed by atoms with Crippen LogP contribution in [0, 0.1) is 0 Å².